The zero-order valence-corrected chi connectivity index (χ0v) is 10.8. The van der Waals surface area contributed by atoms with Gasteiger partial charge in [0.15, 0.2) is 0 Å². The summed E-state index contributed by atoms with van der Waals surface area (Å²) in [4.78, 5) is 7.09. The molecule has 0 aromatic heterocycles. The number of hydrogen-bond donors (Lipinski definition) is 0. The SMILES string of the molecule is CC(C)N(CC#N)CCN1CCN(C)CC1. The maximum atomic E-state index is 8.75. The van der Waals surface area contributed by atoms with Gasteiger partial charge in [-0.3, -0.25) is 9.80 Å². The second-order valence-corrected chi connectivity index (χ2v) is 4.87. The second-order valence-electron chi connectivity index (χ2n) is 4.87. The number of nitriles is 1. The minimum Gasteiger partial charge on any atom is -0.304 e. The number of likely N-dealkylation sites (N-methyl/N-ethyl adjacent to an activating group) is 1. The molecule has 0 aromatic rings. The molecule has 16 heavy (non-hydrogen) atoms. The van der Waals surface area contributed by atoms with Gasteiger partial charge in [-0.15, -0.1) is 0 Å². The summed E-state index contributed by atoms with van der Waals surface area (Å²) >= 11 is 0. The highest BCUT2D eigenvalue weighted by atomic mass is 15.3. The van der Waals surface area contributed by atoms with Crippen LogP contribution in [0.15, 0.2) is 0 Å². The van der Waals surface area contributed by atoms with Crippen LogP contribution in [-0.4, -0.2) is 73.6 Å². The average molecular weight is 224 g/mol. The topological polar surface area (TPSA) is 33.5 Å². The molecule has 0 unspecified atom stereocenters. The molecular formula is C12H24N4. The van der Waals surface area contributed by atoms with Crippen molar-refractivity contribution in [3.63, 3.8) is 0 Å². The Bertz CT molecular complexity index is 226. The standard InChI is InChI=1S/C12H24N4/c1-12(2)16(5-4-13)11-10-15-8-6-14(3)7-9-15/h12H,5-11H2,1-3H3. The van der Waals surface area contributed by atoms with Crippen molar-refractivity contribution in [1.82, 2.24) is 14.7 Å². The molecular weight excluding hydrogens is 200 g/mol. The molecule has 1 fully saturated rings. The van der Waals surface area contributed by atoms with Gasteiger partial charge >= 0.3 is 0 Å². The van der Waals surface area contributed by atoms with E-state index in [0.29, 0.717) is 12.6 Å². The van der Waals surface area contributed by atoms with Gasteiger partial charge in [-0.1, -0.05) is 0 Å². The van der Waals surface area contributed by atoms with Crippen molar-refractivity contribution in [3.8, 4) is 6.07 Å². The molecule has 0 spiro atoms. The predicted molar refractivity (Wildman–Crippen MR) is 66.3 cm³/mol. The summed E-state index contributed by atoms with van der Waals surface area (Å²) in [6, 6.07) is 2.71. The highest BCUT2D eigenvalue weighted by molar-refractivity contribution is 4.80. The molecule has 1 aliphatic rings. The Kier molecular flexibility index (Phi) is 5.75. The predicted octanol–water partition coefficient (Wildman–Crippen LogP) is 0.468. The van der Waals surface area contributed by atoms with Gasteiger partial charge in [-0.25, -0.2) is 0 Å². The third kappa shape index (κ3) is 4.48. The van der Waals surface area contributed by atoms with E-state index in [-0.39, 0.29) is 0 Å². The molecule has 0 saturated carbocycles. The normalized spacial score (nSPS) is 19.2. The maximum absolute atomic E-state index is 8.75. The zero-order chi connectivity index (χ0) is 12.0. The first-order valence-electron chi connectivity index (χ1n) is 6.15. The van der Waals surface area contributed by atoms with Crippen molar-refractivity contribution in [2.24, 2.45) is 0 Å². The van der Waals surface area contributed by atoms with Crippen LogP contribution in [0.1, 0.15) is 13.8 Å². The Labute approximate surface area is 99.4 Å². The minimum absolute atomic E-state index is 0.465. The van der Waals surface area contributed by atoms with Crippen LogP contribution in [0.4, 0.5) is 0 Å². The monoisotopic (exact) mass is 224 g/mol. The fourth-order valence-electron chi connectivity index (χ4n) is 1.95. The Balaban J connectivity index is 2.24. The fraction of sp³-hybridized carbons (Fsp3) is 0.917. The van der Waals surface area contributed by atoms with E-state index in [2.05, 4.69) is 41.7 Å². The smallest absolute Gasteiger partial charge is 0.0868 e. The van der Waals surface area contributed by atoms with Crippen LogP contribution >= 0.6 is 0 Å². The van der Waals surface area contributed by atoms with E-state index >= 15 is 0 Å². The lowest BCUT2D eigenvalue weighted by molar-refractivity contribution is 0.130. The summed E-state index contributed by atoms with van der Waals surface area (Å²) in [6.45, 7) is 11.6. The van der Waals surface area contributed by atoms with Gasteiger partial charge in [0.25, 0.3) is 0 Å². The van der Waals surface area contributed by atoms with Gasteiger partial charge in [0.05, 0.1) is 12.6 Å². The number of hydrogen-bond acceptors (Lipinski definition) is 4. The van der Waals surface area contributed by atoms with Crippen molar-refractivity contribution >= 4 is 0 Å². The third-order valence-corrected chi connectivity index (χ3v) is 3.30. The fourth-order valence-corrected chi connectivity index (χ4v) is 1.95. The first-order valence-corrected chi connectivity index (χ1v) is 6.15. The first-order chi connectivity index (χ1) is 7.63. The lowest BCUT2D eigenvalue weighted by Gasteiger charge is -2.34. The number of nitrogens with zero attached hydrogens (tertiary/aromatic N) is 4. The van der Waals surface area contributed by atoms with E-state index in [4.69, 9.17) is 5.26 Å². The van der Waals surface area contributed by atoms with Crippen molar-refractivity contribution < 1.29 is 0 Å². The Hall–Kier alpha value is -0.630. The molecule has 0 N–H and O–H groups in total. The molecule has 92 valence electrons. The molecule has 0 aliphatic carbocycles. The number of rotatable bonds is 5. The summed E-state index contributed by atoms with van der Waals surface area (Å²) in [5.41, 5.74) is 0. The van der Waals surface area contributed by atoms with Gasteiger partial charge in [0.1, 0.15) is 0 Å². The Morgan fingerprint density at radius 3 is 2.38 bits per heavy atom. The minimum atomic E-state index is 0.465. The highest BCUT2D eigenvalue weighted by Gasteiger charge is 2.15. The molecule has 1 rings (SSSR count). The van der Waals surface area contributed by atoms with E-state index in [1.807, 2.05) is 0 Å². The average Bonchev–Trinajstić information content (AvgIpc) is 2.26. The van der Waals surface area contributed by atoms with Gasteiger partial charge < -0.3 is 4.90 Å². The zero-order valence-electron chi connectivity index (χ0n) is 10.8. The quantitative estimate of drug-likeness (QED) is 0.636. The molecule has 1 heterocycles. The third-order valence-electron chi connectivity index (χ3n) is 3.30. The first kappa shape index (κ1) is 13.4. The van der Waals surface area contributed by atoms with Crippen molar-refractivity contribution in [3.05, 3.63) is 0 Å². The molecule has 0 amide bonds. The summed E-state index contributed by atoms with van der Waals surface area (Å²) < 4.78 is 0. The largest absolute Gasteiger partial charge is 0.304 e. The van der Waals surface area contributed by atoms with Gasteiger partial charge in [-0.2, -0.15) is 5.26 Å². The highest BCUT2D eigenvalue weighted by Crippen LogP contribution is 2.01. The van der Waals surface area contributed by atoms with Gasteiger partial charge in [-0.05, 0) is 20.9 Å². The summed E-state index contributed by atoms with van der Waals surface area (Å²) in [5, 5.41) is 8.75. The molecule has 0 atom stereocenters. The van der Waals surface area contributed by atoms with E-state index < -0.39 is 0 Å². The maximum Gasteiger partial charge on any atom is 0.0868 e. The molecule has 4 nitrogen and oxygen atoms in total. The Morgan fingerprint density at radius 1 is 1.25 bits per heavy atom. The summed E-state index contributed by atoms with van der Waals surface area (Å²) in [5.74, 6) is 0. The number of piperazine rings is 1. The molecule has 0 aromatic carbocycles. The van der Waals surface area contributed by atoms with Gasteiger partial charge in [0.2, 0.25) is 0 Å². The van der Waals surface area contributed by atoms with Crippen molar-refractivity contribution in [2.75, 3.05) is 52.9 Å². The Morgan fingerprint density at radius 2 is 1.88 bits per heavy atom. The molecule has 4 heteroatoms. The van der Waals surface area contributed by atoms with Crippen LogP contribution in [0.5, 0.6) is 0 Å². The molecule has 0 radical (unpaired) electrons. The van der Waals surface area contributed by atoms with Crippen LogP contribution in [0.25, 0.3) is 0 Å². The van der Waals surface area contributed by atoms with E-state index in [1.165, 1.54) is 13.1 Å². The summed E-state index contributed by atoms with van der Waals surface area (Å²) in [7, 11) is 2.17. The van der Waals surface area contributed by atoms with Gasteiger partial charge in [0, 0.05) is 45.3 Å². The lowest BCUT2D eigenvalue weighted by Crippen LogP contribution is -2.47. The van der Waals surface area contributed by atoms with Crippen molar-refractivity contribution in [2.45, 2.75) is 19.9 Å². The van der Waals surface area contributed by atoms with Crippen LogP contribution in [0.3, 0.4) is 0 Å². The summed E-state index contributed by atoms with van der Waals surface area (Å²) in [6.07, 6.45) is 0. The van der Waals surface area contributed by atoms with Crippen LogP contribution in [0.2, 0.25) is 0 Å². The second kappa shape index (κ2) is 6.85. The van der Waals surface area contributed by atoms with E-state index in [9.17, 15) is 0 Å². The van der Waals surface area contributed by atoms with Crippen LogP contribution < -0.4 is 0 Å². The molecule has 0 bridgehead atoms. The lowest BCUT2D eigenvalue weighted by atomic mass is 10.3. The van der Waals surface area contributed by atoms with Crippen molar-refractivity contribution in [1.29, 1.82) is 5.26 Å². The van der Waals surface area contributed by atoms with E-state index in [0.717, 1.165) is 26.2 Å². The van der Waals surface area contributed by atoms with Crippen LogP contribution in [0, 0.1) is 11.3 Å². The van der Waals surface area contributed by atoms with Crippen LogP contribution in [-0.2, 0) is 0 Å². The van der Waals surface area contributed by atoms with E-state index in [1.54, 1.807) is 0 Å². The molecule has 1 aliphatic heterocycles. The molecule has 1 saturated heterocycles.